The predicted octanol–water partition coefficient (Wildman–Crippen LogP) is 0.905. The molecular weight excluding hydrogens is 110 g/mol. The third-order valence-corrected chi connectivity index (χ3v) is 0.843. The molecule has 1 heterocycles. The monoisotopic (exact) mass is 114 g/mol. The van der Waals surface area contributed by atoms with Gasteiger partial charge in [0.25, 0.3) is 0 Å². The second-order valence-electron chi connectivity index (χ2n) is 1.03. The van der Waals surface area contributed by atoms with Crippen molar-refractivity contribution in [3.63, 3.8) is 0 Å². The Hall–Kier alpha value is -0.440. The molecule has 0 aromatic carbocycles. The van der Waals surface area contributed by atoms with E-state index in [2.05, 4.69) is 23.8 Å². The van der Waals surface area contributed by atoms with Crippen LogP contribution in [0.15, 0.2) is 10.7 Å². The molecule has 1 aromatic heterocycles. The summed E-state index contributed by atoms with van der Waals surface area (Å²) >= 11 is 3.90. The largest absolute Gasteiger partial charge is 0.447 e. The SMILES string of the molecule is SCc1n[c]co1. The summed E-state index contributed by atoms with van der Waals surface area (Å²) in [7, 11) is 0. The summed E-state index contributed by atoms with van der Waals surface area (Å²) in [5.74, 6) is 1.16. The van der Waals surface area contributed by atoms with E-state index in [9.17, 15) is 0 Å². The molecule has 1 radical (unpaired) electrons. The average Bonchev–Trinajstić information content (AvgIpc) is 2.14. The third-order valence-electron chi connectivity index (χ3n) is 0.572. The summed E-state index contributed by atoms with van der Waals surface area (Å²) in [5.41, 5.74) is 0. The second-order valence-corrected chi connectivity index (χ2v) is 1.34. The maximum Gasteiger partial charge on any atom is 0.204 e. The van der Waals surface area contributed by atoms with Crippen molar-refractivity contribution in [2.75, 3.05) is 0 Å². The van der Waals surface area contributed by atoms with Gasteiger partial charge in [-0.3, -0.25) is 0 Å². The van der Waals surface area contributed by atoms with Gasteiger partial charge in [0.15, 0.2) is 0 Å². The van der Waals surface area contributed by atoms with Crippen LogP contribution in [0.25, 0.3) is 0 Å². The van der Waals surface area contributed by atoms with Crippen molar-refractivity contribution in [2.45, 2.75) is 5.75 Å². The minimum absolute atomic E-state index is 0.545. The summed E-state index contributed by atoms with van der Waals surface area (Å²) in [6, 6.07) is 0. The van der Waals surface area contributed by atoms with Gasteiger partial charge in [0.2, 0.25) is 5.89 Å². The molecule has 2 nitrogen and oxygen atoms in total. The van der Waals surface area contributed by atoms with E-state index in [1.165, 1.54) is 6.26 Å². The number of hydrogen-bond acceptors (Lipinski definition) is 3. The van der Waals surface area contributed by atoms with E-state index in [0.29, 0.717) is 11.6 Å². The van der Waals surface area contributed by atoms with Gasteiger partial charge >= 0.3 is 0 Å². The molecule has 0 N–H and O–H groups in total. The van der Waals surface area contributed by atoms with E-state index in [1.807, 2.05) is 0 Å². The van der Waals surface area contributed by atoms with Crippen LogP contribution in [-0.4, -0.2) is 4.98 Å². The van der Waals surface area contributed by atoms with Crippen LogP contribution in [0.3, 0.4) is 0 Å². The number of oxazole rings is 1. The fraction of sp³-hybridized carbons (Fsp3) is 0.250. The van der Waals surface area contributed by atoms with Crippen molar-refractivity contribution in [1.82, 2.24) is 4.98 Å². The Bertz CT molecular complexity index is 126. The predicted molar refractivity (Wildman–Crippen MR) is 28.0 cm³/mol. The highest BCUT2D eigenvalue weighted by Gasteiger charge is 1.87. The Morgan fingerprint density at radius 2 is 2.86 bits per heavy atom. The van der Waals surface area contributed by atoms with E-state index in [1.54, 1.807) is 0 Å². The Morgan fingerprint density at radius 3 is 3.14 bits per heavy atom. The molecule has 0 atom stereocenters. The third kappa shape index (κ3) is 0.962. The van der Waals surface area contributed by atoms with Gasteiger partial charge in [-0.15, -0.1) is 0 Å². The number of nitrogens with zero attached hydrogens (tertiary/aromatic N) is 1. The van der Waals surface area contributed by atoms with Crippen LogP contribution in [0.1, 0.15) is 5.89 Å². The quantitative estimate of drug-likeness (QED) is 0.549. The van der Waals surface area contributed by atoms with E-state index in [0.717, 1.165) is 0 Å². The van der Waals surface area contributed by atoms with Crippen LogP contribution < -0.4 is 0 Å². The molecule has 3 heteroatoms. The van der Waals surface area contributed by atoms with Crippen LogP contribution in [0.5, 0.6) is 0 Å². The molecule has 0 saturated carbocycles. The first kappa shape index (κ1) is 4.71. The van der Waals surface area contributed by atoms with Crippen LogP contribution in [0.4, 0.5) is 0 Å². The number of hydrogen-bond donors (Lipinski definition) is 1. The van der Waals surface area contributed by atoms with E-state index in [4.69, 9.17) is 4.42 Å². The normalized spacial score (nSPS) is 9.29. The first-order valence-corrected chi connectivity index (χ1v) is 2.48. The summed E-state index contributed by atoms with van der Waals surface area (Å²) < 4.78 is 4.74. The minimum Gasteiger partial charge on any atom is -0.447 e. The van der Waals surface area contributed by atoms with Gasteiger partial charge in [-0.05, 0) is 0 Å². The lowest BCUT2D eigenvalue weighted by Gasteiger charge is -1.76. The molecule has 0 aliphatic heterocycles. The number of rotatable bonds is 1. The van der Waals surface area contributed by atoms with Crippen molar-refractivity contribution in [1.29, 1.82) is 0 Å². The Kier molecular flexibility index (Phi) is 1.36. The Morgan fingerprint density at radius 1 is 2.00 bits per heavy atom. The van der Waals surface area contributed by atoms with Crippen molar-refractivity contribution in [3.05, 3.63) is 18.4 Å². The van der Waals surface area contributed by atoms with Crippen molar-refractivity contribution >= 4 is 12.6 Å². The first-order valence-electron chi connectivity index (χ1n) is 1.85. The number of aromatic nitrogens is 1. The molecule has 0 spiro atoms. The fourth-order valence-corrected chi connectivity index (χ4v) is 0.437. The van der Waals surface area contributed by atoms with Gasteiger partial charge in [0.1, 0.15) is 12.5 Å². The summed E-state index contributed by atoms with van der Waals surface area (Å²) in [5, 5.41) is 0. The lowest BCUT2D eigenvalue weighted by Crippen LogP contribution is -1.70. The molecule has 7 heavy (non-hydrogen) atoms. The zero-order valence-electron chi connectivity index (χ0n) is 3.59. The van der Waals surface area contributed by atoms with Gasteiger partial charge in [0.05, 0.1) is 5.75 Å². The minimum atomic E-state index is 0.545. The topological polar surface area (TPSA) is 26.0 Å². The lowest BCUT2D eigenvalue weighted by atomic mass is 10.8. The standard InChI is InChI=1S/C4H4NOS/c7-3-4-5-1-2-6-4/h2,7H,3H2. The van der Waals surface area contributed by atoms with Gasteiger partial charge in [-0.25, -0.2) is 4.98 Å². The van der Waals surface area contributed by atoms with Crippen LogP contribution in [0, 0.1) is 6.20 Å². The van der Waals surface area contributed by atoms with Crippen molar-refractivity contribution < 1.29 is 4.42 Å². The van der Waals surface area contributed by atoms with E-state index < -0.39 is 0 Å². The summed E-state index contributed by atoms with van der Waals surface area (Å²) in [6.07, 6.45) is 3.92. The second kappa shape index (κ2) is 2.02. The molecule has 0 aliphatic rings. The molecule has 1 rings (SSSR count). The van der Waals surface area contributed by atoms with Crippen LogP contribution in [-0.2, 0) is 5.75 Å². The van der Waals surface area contributed by atoms with Gasteiger partial charge in [-0.2, -0.15) is 12.6 Å². The van der Waals surface area contributed by atoms with E-state index >= 15 is 0 Å². The Labute approximate surface area is 47.0 Å². The smallest absolute Gasteiger partial charge is 0.204 e. The highest BCUT2D eigenvalue weighted by molar-refractivity contribution is 7.79. The summed E-state index contributed by atoms with van der Waals surface area (Å²) in [6.45, 7) is 0. The summed E-state index contributed by atoms with van der Waals surface area (Å²) in [4.78, 5) is 3.67. The maximum absolute atomic E-state index is 4.74. The maximum atomic E-state index is 4.74. The molecule has 0 aliphatic carbocycles. The fourth-order valence-electron chi connectivity index (χ4n) is 0.292. The van der Waals surface area contributed by atoms with E-state index in [-0.39, 0.29) is 0 Å². The molecule has 0 unspecified atom stereocenters. The highest BCUT2D eigenvalue weighted by Crippen LogP contribution is 1.95. The highest BCUT2D eigenvalue weighted by atomic mass is 32.1. The first-order chi connectivity index (χ1) is 3.43. The zero-order chi connectivity index (χ0) is 5.11. The molecular formula is C4H4NOS. The molecule has 37 valence electrons. The number of thiol groups is 1. The lowest BCUT2D eigenvalue weighted by molar-refractivity contribution is 0.517. The van der Waals surface area contributed by atoms with Crippen molar-refractivity contribution in [3.8, 4) is 0 Å². The molecule has 0 bridgehead atoms. The van der Waals surface area contributed by atoms with Crippen molar-refractivity contribution in [2.24, 2.45) is 0 Å². The van der Waals surface area contributed by atoms with Gasteiger partial charge < -0.3 is 4.42 Å². The zero-order valence-corrected chi connectivity index (χ0v) is 4.48. The average molecular weight is 114 g/mol. The van der Waals surface area contributed by atoms with Crippen LogP contribution in [0.2, 0.25) is 0 Å². The molecule has 0 saturated heterocycles. The molecule has 0 amide bonds. The van der Waals surface area contributed by atoms with Crippen LogP contribution >= 0.6 is 12.6 Å². The van der Waals surface area contributed by atoms with Gasteiger partial charge in [0, 0.05) is 0 Å². The Balaban J connectivity index is 2.76. The molecule has 0 fully saturated rings. The molecule has 1 aromatic rings. The van der Waals surface area contributed by atoms with Gasteiger partial charge in [-0.1, -0.05) is 0 Å².